The monoisotopic (exact) mass is 232 g/mol. The Labute approximate surface area is 91.4 Å². The summed E-state index contributed by atoms with van der Waals surface area (Å²) in [4.78, 5) is 14.5. The third-order valence-electron chi connectivity index (χ3n) is 1.66. The first-order valence-electron chi connectivity index (χ1n) is 4.25. The van der Waals surface area contributed by atoms with Crippen LogP contribution in [-0.2, 0) is 9.53 Å². The minimum Gasteiger partial charge on any atom is -0.469 e. The molecule has 0 fully saturated rings. The SMILES string of the molecule is COC(=O)CCNc1ncc(Cl)cc1F. The molecule has 82 valence electrons. The smallest absolute Gasteiger partial charge is 0.307 e. The Hall–Kier alpha value is -1.36. The molecule has 1 rings (SSSR count). The van der Waals surface area contributed by atoms with Crippen LogP contribution in [0.3, 0.4) is 0 Å². The van der Waals surface area contributed by atoms with Crippen LogP contribution >= 0.6 is 11.6 Å². The van der Waals surface area contributed by atoms with Crippen LogP contribution in [0.4, 0.5) is 10.2 Å². The van der Waals surface area contributed by atoms with Gasteiger partial charge >= 0.3 is 5.97 Å². The zero-order chi connectivity index (χ0) is 11.3. The van der Waals surface area contributed by atoms with E-state index in [0.29, 0.717) is 0 Å². The lowest BCUT2D eigenvalue weighted by Crippen LogP contribution is -2.11. The van der Waals surface area contributed by atoms with E-state index in [0.717, 1.165) is 6.07 Å². The summed E-state index contributed by atoms with van der Waals surface area (Å²) in [5.74, 6) is -0.840. The molecule has 4 nitrogen and oxygen atoms in total. The lowest BCUT2D eigenvalue weighted by atomic mass is 10.4. The average molecular weight is 233 g/mol. The van der Waals surface area contributed by atoms with Gasteiger partial charge in [-0.3, -0.25) is 4.79 Å². The van der Waals surface area contributed by atoms with Crippen LogP contribution in [0.15, 0.2) is 12.3 Å². The topological polar surface area (TPSA) is 51.2 Å². The largest absolute Gasteiger partial charge is 0.469 e. The second kappa shape index (κ2) is 5.50. The van der Waals surface area contributed by atoms with E-state index in [1.54, 1.807) is 0 Å². The number of methoxy groups -OCH3 is 1. The number of nitrogens with zero attached hydrogens (tertiary/aromatic N) is 1. The number of halogens is 2. The van der Waals surface area contributed by atoms with E-state index in [2.05, 4.69) is 15.0 Å². The summed E-state index contributed by atoms with van der Waals surface area (Å²) in [6, 6.07) is 1.15. The summed E-state index contributed by atoms with van der Waals surface area (Å²) < 4.78 is 17.6. The molecule has 0 saturated heterocycles. The number of pyridine rings is 1. The Balaban J connectivity index is 2.47. The van der Waals surface area contributed by atoms with Gasteiger partial charge in [0, 0.05) is 12.7 Å². The highest BCUT2D eigenvalue weighted by atomic mass is 35.5. The van der Waals surface area contributed by atoms with Crippen molar-refractivity contribution in [1.82, 2.24) is 4.98 Å². The van der Waals surface area contributed by atoms with Crippen molar-refractivity contribution in [3.05, 3.63) is 23.1 Å². The molecule has 0 aromatic carbocycles. The number of nitrogens with one attached hydrogen (secondary N) is 1. The normalized spacial score (nSPS) is 9.80. The maximum Gasteiger partial charge on any atom is 0.307 e. The van der Waals surface area contributed by atoms with Gasteiger partial charge in [-0.25, -0.2) is 9.37 Å². The molecule has 0 aliphatic heterocycles. The number of aromatic nitrogens is 1. The van der Waals surface area contributed by atoms with Crippen molar-refractivity contribution < 1.29 is 13.9 Å². The molecule has 1 heterocycles. The molecule has 0 radical (unpaired) electrons. The predicted molar refractivity (Wildman–Crippen MR) is 54.3 cm³/mol. The van der Waals surface area contributed by atoms with Gasteiger partial charge in [-0.05, 0) is 6.07 Å². The van der Waals surface area contributed by atoms with Gasteiger partial charge in [0.2, 0.25) is 0 Å². The molecule has 1 aromatic heterocycles. The molecule has 1 aromatic rings. The Bertz CT molecular complexity index is 360. The highest BCUT2D eigenvalue weighted by Crippen LogP contribution is 2.15. The molecular formula is C9H10ClFN2O2. The van der Waals surface area contributed by atoms with Gasteiger partial charge in [-0.1, -0.05) is 11.6 Å². The molecule has 0 bridgehead atoms. The van der Waals surface area contributed by atoms with E-state index < -0.39 is 5.82 Å². The van der Waals surface area contributed by atoms with E-state index in [9.17, 15) is 9.18 Å². The Kier molecular flexibility index (Phi) is 4.30. The van der Waals surface area contributed by atoms with Crippen molar-refractivity contribution >= 4 is 23.4 Å². The minimum absolute atomic E-state index is 0.0725. The molecule has 0 aliphatic carbocycles. The minimum atomic E-state index is -0.549. The highest BCUT2D eigenvalue weighted by molar-refractivity contribution is 6.30. The number of ether oxygens (including phenoxy) is 1. The standard InChI is InChI=1S/C9H10ClFN2O2/c1-15-8(14)2-3-12-9-7(11)4-6(10)5-13-9/h4-5H,2-3H2,1H3,(H,12,13). The second-order valence-electron chi connectivity index (χ2n) is 2.74. The highest BCUT2D eigenvalue weighted by Gasteiger charge is 2.05. The van der Waals surface area contributed by atoms with Gasteiger partial charge in [0.25, 0.3) is 0 Å². The van der Waals surface area contributed by atoms with Gasteiger partial charge < -0.3 is 10.1 Å². The summed E-state index contributed by atoms with van der Waals surface area (Å²) in [7, 11) is 1.30. The number of hydrogen-bond donors (Lipinski definition) is 1. The summed E-state index contributed by atoms with van der Waals surface area (Å²) in [6.45, 7) is 0.262. The molecule has 0 spiro atoms. The molecular weight excluding hydrogens is 223 g/mol. The van der Waals surface area contributed by atoms with Gasteiger partial charge in [0.15, 0.2) is 11.6 Å². The summed E-state index contributed by atoms with van der Waals surface area (Å²) in [5.41, 5.74) is 0. The zero-order valence-corrected chi connectivity index (χ0v) is 8.84. The van der Waals surface area contributed by atoms with Crippen LogP contribution in [-0.4, -0.2) is 24.6 Å². The average Bonchev–Trinajstić information content (AvgIpc) is 2.21. The zero-order valence-electron chi connectivity index (χ0n) is 8.09. The summed E-state index contributed by atoms with van der Waals surface area (Å²) in [5, 5.41) is 2.89. The summed E-state index contributed by atoms with van der Waals surface area (Å²) in [6.07, 6.45) is 1.48. The molecule has 0 saturated carbocycles. The molecule has 0 aliphatic rings. The fourth-order valence-corrected chi connectivity index (χ4v) is 1.07. The Morgan fingerprint density at radius 3 is 3.07 bits per heavy atom. The van der Waals surface area contributed by atoms with Crippen LogP contribution in [0, 0.1) is 5.82 Å². The fraction of sp³-hybridized carbons (Fsp3) is 0.333. The Morgan fingerprint density at radius 1 is 1.73 bits per heavy atom. The van der Waals surface area contributed by atoms with Crippen molar-refractivity contribution in [3.63, 3.8) is 0 Å². The van der Waals surface area contributed by atoms with E-state index in [-0.39, 0.29) is 29.8 Å². The summed E-state index contributed by atoms with van der Waals surface area (Å²) >= 11 is 5.52. The molecule has 0 atom stereocenters. The van der Waals surface area contributed by atoms with E-state index in [4.69, 9.17) is 11.6 Å². The number of carbonyl (C=O) groups is 1. The van der Waals surface area contributed by atoms with Gasteiger partial charge in [0.1, 0.15) is 0 Å². The van der Waals surface area contributed by atoms with Crippen LogP contribution < -0.4 is 5.32 Å². The molecule has 0 unspecified atom stereocenters. The van der Waals surface area contributed by atoms with Crippen LogP contribution in [0.5, 0.6) is 0 Å². The number of hydrogen-bond acceptors (Lipinski definition) is 4. The quantitative estimate of drug-likeness (QED) is 0.805. The van der Waals surface area contributed by atoms with Crippen molar-refractivity contribution in [2.75, 3.05) is 19.0 Å². The van der Waals surface area contributed by atoms with Crippen molar-refractivity contribution in [2.24, 2.45) is 0 Å². The van der Waals surface area contributed by atoms with Crippen molar-refractivity contribution in [2.45, 2.75) is 6.42 Å². The first-order chi connectivity index (χ1) is 7.13. The van der Waals surface area contributed by atoms with E-state index >= 15 is 0 Å². The molecule has 0 amide bonds. The van der Waals surface area contributed by atoms with Crippen molar-refractivity contribution in [3.8, 4) is 0 Å². The number of rotatable bonds is 4. The van der Waals surface area contributed by atoms with Crippen LogP contribution in [0.2, 0.25) is 5.02 Å². The fourth-order valence-electron chi connectivity index (χ4n) is 0.930. The third kappa shape index (κ3) is 3.71. The maximum absolute atomic E-state index is 13.1. The van der Waals surface area contributed by atoms with Gasteiger partial charge in [-0.15, -0.1) is 0 Å². The van der Waals surface area contributed by atoms with Crippen molar-refractivity contribution in [1.29, 1.82) is 0 Å². The van der Waals surface area contributed by atoms with Gasteiger partial charge in [0.05, 0.1) is 18.6 Å². The number of carbonyl (C=O) groups excluding carboxylic acids is 1. The molecule has 15 heavy (non-hydrogen) atoms. The lowest BCUT2D eigenvalue weighted by Gasteiger charge is -2.05. The first kappa shape index (κ1) is 11.7. The third-order valence-corrected chi connectivity index (χ3v) is 1.86. The molecule has 1 N–H and O–H groups in total. The number of anilines is 1. The Morgan fingerprint density at radius 2 is 2.47 bits per heavy atom. The maximum atomic E-state index is 13.1. The first-order valence-corrected chi connectivity index (χ1v) is 4.63. The van der Waals surface area contributed by atoms with Gasteiger partial charge in [-0.2, -0.15) is 0 Å². The van der Waals surface area contributed by atoms with Crippen LogP contribution in [0.25, 0.3) is 0 Å². The molecule has 6 heteroatoms. The number of esters is 1. The second-order valence-corrected chi connectivity index (χ2v) is 3.17. The van der Waals surface area contributed by atoms with Crippen LogP contribution in [0.1, 0.15) is 6.42 Å². The van der Waals surface area contributed by atoms with E-state index in [1.165, 1.54) is 13.3 Å². The lowest BCUT2D eigenvalue weighted by molar-refractivity contribution is -0.140. The van der Waals surface area contributed by atoms with E-state index in [1.807, 2.05) is 0 Å². The predicted octanol–water partition coefficient (Wildman–Crippen LogP) is 1.85.